The number of para-hydroxylation sites is 2. The van der Waals surface area contributed by atoms with Crippen molar-refractivity contribution in [3.05, 3.63) is 59.4 Å². The Bertz CT molecular complexity index is 890. The van der Waals surface area contributed by atoms with Gasteiger partial charge in [-0.3, -0.25) is 0 Å². The zero-order valence-electron chi connectivity index (χ0n) is 15.3. The molecule has 0 bridgehead atoms. The van der Waals surface area contributed by atoms with Crippen LogP contribution in [-0.2, 0) is 6.54 Å². The lowest BCUT2D eigenvalue weighted by Crippen LogP contribution is -2.12. The first kappa shape index (κ1) is 16.2. The molecule has 1 aromatic heterocycles. The molecule has 1 aliphatic carbocycles. The van der Waals surface area contributed by atoms with Gasteiger partial charge in [0.05, 0.1) is 17.6 Å². The van der Waals surface area contributed by atoms with E-state index in [9.17, 15) is 0 Å². The number of hydrogen-bond acceptors (Lipinski definition) is 2. The topological polar surface area (TPSA) is 27.1 Å². The highest BCUT2D eigenvalue weighted by Gasteiger charge is 2.29. The van der Waals surface area contributed by atoms with Crippen LogP contribution in [0.2, 0.25) is 0 Å². The largest absolute Gasteiger partial charge is 0.491 e. The Kier molecular flexibility index (Phi) is 4.24. The quantitative estimate of drug-likeness (QED) is 0.601. The minimum absolute atomic E-state index is 0.465. The van der Waals surface area contributed by atoms with Crippen molar-refractivity contribution in [2.75, 3.05) is 6.61 Å². The van der Waals surface area contributed by atoms with Gasteiger partial charge >= 0.3 is 0 Å². The van der Waals surface area contributed by atoms with Crippen LogP contribution in [0.4, 0.5) is 0 Å². The predicted octanol–water partition coefficient (Wildman–Crippen LogP) is 5.42. The van der Waals surface area contributed by atoms with E-state index in [1.807, 2.05) is 0 Å². The van der Waals surface area contributed by atoms with E-state index in [2.05, 4.69) is 67.8 Å². The van der Waals surface area contributed by atoms with E-state index in [0.717, 1.165) is 17.8 Å². The second kappa shape index (κ2) is 6.55. The molecule has 0 radical (unpaired) electrons. The molecule has 1 fully saturated rings. The fourth-order valence-corrected chi connectivity index (χ4v) is 3.47. The zero-order chi connectivity index (χ0) is 17.4. The maximum atomic E-state index is 6.21. The first-order chi connectivity index (χ1) is 12.1. The second-order valence-electron chi connectivity index (χ2n) is 7.43. The molecule has 130 valence electrons. The fourth-order valence-electron chi connectivity index (χ4n) is 3.47. The van der Waals surface area contributed by atoms with Crippen LogP contribution in [0.3, 0.4) is 0 Å². The number of aromatic nitrogens is 2. The number of imidazole rings is 1. The van der Waals surface area contributed by atoms with Crippen LogP contribution in [0.15, 0.2) is 42.5 Å². The van der Waals surface area contributed by atoms with Crippen LogP contribution in [0.1, 0.15) is 55.5 Å². The summed E-state index contributed by atoms with van der Waals surface area (Å²) < 4.78 is 8.57. The number of fused-ring (bicyclic) bond motifs is 1. The van der Waals surface area contributed by atoms with Gasteiger partial charge in [0.2, 0.25) is 0 Å². The molecule has 25 heavy (non-hydrogen) atoms. The molecule has 0 unspecified atom stereocenters. The van der Waals surface area contributed by atoms with Gasteiger partial charge < -0.3 is 9.30 Å². The molecule has 0 spiro atoms. The summed E-state index contributed by atoms with van der Waals surface area (Å²) >= 11 is 0. The van der Waals surface area contributed by atoms with E-state index in [4.69, 9.17) is 9.72 Å². The average molecular weight is 334 g/mol. The minimum Gasteiger partial charge on any atom is -0.491 e. The van der Waals surface area contributed by atoms with Gasteiger partial charge in [-0.25, -0.2) is 4.98 Å². The Balaban J connectivity index is 1.56. The summed E-state index contributed by atoms with van der Waals surface area (Å²) in [5.74, 6) is 3.36. The van der Waals surface area contributed by atoms with Crippen molar-refractivity contribution in [3.8, 4) is 5.75 Å². The van der Waals surface area contributed by atoms with Gasteiger partial charge in [0.1, 0.15) is 18.2 Å². The van der Waals surface area contributed by atoms with Gasteiger partial charge in [0.15, 0.2) is 0 Å². The summed E-state index contributed by atoms with van der Waals surface area (Å²) in [5.41, 5.74) is 4.85. The smallest absolute Gasteiger partial charge is 0.123 e. The van der Waals surface area contributed by atoms with E-state index >= 15 is 0 Å². The average Bonchev–Trinajstić information content (AvgIpc) is 3.37. The first-order valence-electron chi connectivity index (χ1n) is 9.32. The first-order valence-corrected chi connectivity index (χ1v) is 9.32. The van der Waals surface area contributed by atoms with Gasteiger partial charge in [-0.1, -0.05) is 38.1 Å². The van der Waals surface area contributed by atoms with Gasteiger partial charge in [0.25, 0.3) is 0 Å². The summed E-state index contributed by atoms with van der Waals surface area (Å²) in [6.45, 7) is 8.06. The maximum Gasteiger partial charge on any atom is 0.123 e. The molecule has 1 saturated carbocycles. The van der Waals surface area contributed by atoms with Crippen LogP contribution in [0.5, 0.6) is 5.75 Å². The SMILES string of the molecule is Cc1ccc(C(C)C)c(OCCn2c(C3CC3)nc3ccccc32)c1. The van der Waals surface area contributed by atoms with E-state index in [0.29, 0.717) is 18.4 Å². The third kappa shape index (κ3) is 3.28. The van der Waals surface area contributed by atoms with Crippen molar-refractivity contribution in [1.82, 2.24) is 9.55 Å². The molecule has 0 amide bonds. The molecule has 1 aliphatic rings. The third-order valence-corrected chi connectivity index (χ3v) is 4.99. The molecule has 3 nitrogen and oxygen atoms in total. The molecule has 4 rings (SSSR count). The molecule has 3 heteroatoms. The van der Waals surface area contributed by atoms with Crippen molar-refractivity contribution in [2.24, 2.45) is 0 Å². The maximum absolute atomic E-state index is 6.21. The molecule has 3 aromatic rings. The van der Waals surface area contributed by atoms with Crippen LogP contribution in [-0.4, -0.2) is 16.2 Å². The van der Waals surface area contributed by atoms with Gasteiger partial charge in [-0.2, -0.15) is 0 Å². The third-order valence-electron chi connectivity index (χ3n) is 4.99. The number of aryl methyl sites for hydroxylation is 1. The fraction of sp³-hybridized carbons (Fsp3) is 0.409. The Morgan fingerprint density at radius 2 is 1.96 bits per heavy atom. The highest BCUT2D eigenvalue weighted by Crippen LogP contribution is 2.40. The lowest BCUT2D eigenvalue weighted by molar-refractivity contribution is 0.294. The Labute approximate surface area is 149 Å². The molecule has 1 heterocycles. The summed E-state index contributed by atoms with van der Waals surface area (Å²) in [5, 5.41) is 0. The molecule has 0 saturated heterocycles. The normalized spacial score (nSPS) is 14.4. The Morgan fingerprint density at radius 3 is 2.72 bits per heavy atom. The van der Waals surface area contributed by atoms with Crippen LogP contribution >= 0.6 is 0 Å². The summed E-state index contributed by atoms with van der Waals surface area (Å²) in [6.07, 6.45) is 2.53. The van der Waals surface area contributed by atoms with E-state index in [1.165, 1.54) is 35.3 Å². The van der Waals surface area contributed by atoms with Gasteiger partial charge in [-0.05, 0) is 55.0 Å². The highest BCUT2D eigenvalue weighted by atomic mass is 16.5. The standard InChI is InChI=1S/C22H26N2O/c1-15(2)18-11-8-16(3)14-21(18)25-13-12-24-20-7-5-4-6-19(20)23-22(24)17-9-10-17/h4-8,11,14-15,17H,9-10,12-13H2,1-3H3. The van der Waals surface area contributed by atoms with Crippen molar-refractivity contribution < 1.29 is 4.74 Å². The predicted molar refractivity (Wildman–Crippen MR) is 102 cm³/mol. The minimum atomic E-state index is 0.465. The highest BCUT2D eigenvalue weighted by molar-refractivity contribution is 5.76. The van der Waals surface area contributed by atoms with Crippen LogP contribution in [0.25, 0.3) is 11.0 Å². The molecule has 0 N–H and O–H groups in total. The number of rotatable bonds is 6. The van der Waals surface area contributed by atoms with Gasteiger partial charge in [-0.15, -0.1) is 0 Å². The molecular weight excluding hydrogens is 308 g/mol. The molecule has 0 atom stereocenters. The number of ether oxygens (including phenoxy) is 1. The number of hydrogen-bond donors (Lipinski definition) is 0. The summed E-state index contributed by atoms with van der Waals surface area (Å²) in [6, 6.07) is 14.9. The molecular formula is C22H26N2O. The Morgan fingerprint density at radius 1 is 1.16 bits per heavy atom. The summed E-state index contributed by atoms with van der Waals surface area (Å²) in [7, 11) is 0. The van der Waals surface area contributed by atoms with E-state index in [-0.39, 0.29) is 0 Å². The zero-order valence-corrected chi connectivity index (χ0v) is 15.3. The number of benzene rings is 2. The van der Waals surface area contributed by atoms with E-state index in [1.54, 1.807) is 0 Å². The lowest BCUT2D eigenvalue weighted by Gasteiger charge is -2.16. The Hall–Kier alpha value is -2.29. The summed E-state index contributed by atoms with van der Waals surface area (Å²) in [4.78, 5) is 4.87. The van der Waals surface area contributed by atoms with Crippen LogP contribution in [0, 0.1) is 6.92 Å². The van der Waals surface area contributed by atoms with Crippen molar-refractivity contribution in [1.29, 1.82) is 0 Å². The monoisotopic (exact) mass is 334 g/mol. The van der Waals surface area contributed by atoms with E-state index < -0.39 is 0 Å². The van der Waals surface area contributed by atoms with Gasteiger partial charge in [0, 0.05) is 5.92 Å². The number of nitrogens with zero attached hydrogens (tertiary/aromatic N) is 2. The van der Waals surface area contributed by atoms with Crippen LogP contribution < -0.4 is 4.74 Å². The lowest BCUT2D eigenvalue weighted by atomic mass is 10.0. The van der Waals surface area contributed by atoms with Crippen molar-refractivity contribution in [2.45, 2.75) is 52.0 Å². The molecule has 0 aliphatic heterocycles. The second-order valence-corrected chi connectivity index (χ2v) is 7.43. The molecule has 2 aromatic carbocycles. The van der Waals surface area contributed by atoms with Crippen molar-refractivity contribution in [3.63, 3.8) is 0 Å². The van der Waals surface area contributed by atoms with Crippen molar-refractivity contribution >= 4 is 11.0 Å².